The van der Waals surface area contributed by atoms with Crippen LogP contribution in [0.25, 0.3) is 0 Å². The van der Waals surface area contributed by atoms with Gasteiger partial charge in [0.2, 0.25) is 0 Å². The van der Waals surface area contributed by atoms with Gasteiger partial charge < -0.3 is 5.11 Å². The molecule has 0 aromatic heterocycles. The number of hydrogen-bond donors (Lipinski definition) is 1. The summed E-state index contributed by atoms with van der Waals surface area (Å²) in [6.07, 6.45) is 17.0. The second-order valence-corrected chi connectivity index (χ2v) is 7.34. The summed E-state index contributed by atoms with van der Waals surface area (Å²) in [6, 6.07) is 0. The van der Waals surface area contributed by atoms with Crippen LogP contribution in [0.15, 0.2) is 58.7 Å². The Bertz CT molecular complexity index is 595. The maximum absolute atomic E-state index is 10.8. The van der Waals surface area contributed by atoms with E-state index in [9.17, 15) is 4.79 Å². The zero-order valence-corrected chi connectivity index (χ0v) is 15.9. The highest BCUT2D eigenvalue weighted by molar-refractivity contribution is 5.81. The van der Waals surface area contributed by atoms with Crippen LogP contribution < -0.4 is 0 Å². The molecule has 2 heteroatoms. The molecule has 0 aliphatic heterocycles. The molecule has 0 saturated heterocycles. The summed E-state index contributed by atoms with van der Waals surface area (Å²) in [6.45, 7) is 11.0. The van der Waals surface area contributed by atoms with E-state index in [4.69, 9.17) is 5.11 Å². The van der Waals surface area contributed by atoms with E-state index in [1.165, 1.54) is 42.1 Å². The lowest BCUT2D eigenvalue weighted by Crippen LogP contribution is -2.19. The van der Waals surface area contributed by atoms with Crippen molar-refractivity contribution in [2.45, 2.75) is 66.7 Å². The van der Waals surface area contributed by atoms with E-state index in [0.29, 0.717) is 0 Å². The molecule has 2 nitrogen and oxygen atoms in total. The molecule has 0 radical (unpaired) electrons. The smallest absolute Gasteiger partial charge is 0.328 e. The van der Waals surface area contributed by atoms with Crippen LogP contribution in [0.3, 0.4) is 0 Å². The Kier molecular flexibility index (Phi) is 7.97. The Morgan fingerprint density at radius 1 is 1.29 bits per heavy atom. The van der Waals surface area contributed by atoms with Crippen LogP contribution in [-0.4, -0.2) is 11.1 Å². The lowest BCUT2D eigenvalue weighted by Gasteiger charge is -2.32. The number of allylic oxidation sites excluding steroid dienone is 9. The number of aliphatic carboxylic acids is 1. The van der Waals surface area contributed by atoms with Crippen molar-refractivity contribution in [1.82, 2.24) is 0 Å². The van der Waals surface area contributed by atoms with Crippen LogP contribution in [0.5, 0.6) is 0 Å². The van der Waals surface area contributed by atoms with Crippen LogP contribution in [0, 0.1) is 5.41 Å². The van der Waals surface area contributed by atoms with Crippen LogP contribution >= 0.6 is 0 Å². The largest absolute Gasteiger partial charge is 0.478 e. The molecule has 1 aliphatic carbocycles. The molecule has 0 atom stereocenters. The summed E-state index contributed by atoms with van der Waals surface area (Å²) < 4.78 is 0. The second kappa shape index (κ2) is 9.46. The van der Waals surface area contributed by atoms with Crippen LogP contribution in [0.4, 0.5) is 0 Å². The van der Waals surface area contributed by atoms with Crippen molar-refractivity contribution >= 4 is 5.97 Å². The maximum Gasteiger partial charge on any atom is 0.328 e. The predicted molar refractivity (Wildman–Crippen MR) is 103 cm³/mol. The molecule has 0 fully saturated rings. The van der Waals surface area contributed by atoms with E-state index in [1.807, 2.05) is 18.2 Å². The number of hydrogen-bond acceptors (Lipinski definition) is 1. The van der Waals surface area contributed by atoms with E-state index in [2.05, 4.69) is 46.8 Å². The molecule has 24 heavy (non-hydrogen) atoms. The third kappa shape index (κ3) is 6.74. The maximum atomic E-state index is 10.8. The molecule has 1 rings (SSSR count). The van der Waals surface area contributed by atoms with Crippen molar-refractivity contribution in [3.8, 4) is 0 Å². The van der Waals surface area contributed by atoms with Crippen molar-refractivity contribution in [2.24, 2.45) is 5.41 Å². The van der Waals surface area contributed by atoms with Gasteiger partial charge in [0.05, 0.1) is 0 Å². The van der Waals surface area contributed by atoms with Gasteiger partial charge in [-0.2, -0.15) is 0 Å². The molecule has 0 unspecified atom stereocenters. The highest BCUT2D eigenvalue weighted by atomic mass is 16.4. The topological polar surface area (TPSA) is 37.3 Å². The van der Waals surface area contributed by atoms with Gasteiger partial charge in [-0.1, -0.05) is 68.7 Å². The third-order valence-electron chi connectivity index (χ3n) is 4.57. The summed E-state index contributed by atoms with van der Waals surface area (Å²) in [4.78, 5) is 10.8. The summed E-state index contributed by atoms with van der Waals surface area (Å²) in [5.74, 6) is -0.884. The average molecular weight is 328 g/mol. The van der Waals surface area contributed by atoms with Crippen molar-refractivity contribution in [2.75, 3.05) is 0 Å². The average Bonchev–Trinajstić information content (AvgIpc) is 2.45. The first-order valence-electron chi connectivity index (χ1n) is 8.93. The first-order chi connectivity index (χ1) is 11.3. The van der Waals surface area contributed by atoms with E-state index in [0.717, 1.165) is 18.4 Å². The molecule has 1 aliphatic rings. The first-order valence-corrected chi connectivity index (χ1v) is 8.93. The predicted octanol–water partition coefficient (Wildman–Crippen LogP) is 6.38. The van der Waals surface area contributed by atoms with Gasteiger partial charge in [0.15, 0.2) is 0 Å². The Hall–Kier alpha value is -1.83. The lowest BCUT2D eigenvalue weighted by molar-refractivity contribution is -0.131. The van der Waals surface area contributed by atoms with Crippen molar-refractivity contribution in [3.05, 3.63) is 58.7 Å². The molecule has 0 amide bonds. The molecule has 0 heterocycles. The summed E-state index contributed by atoms with van der Waals surface area (Å²) >= 11 is 0. The van der Waals surface area contributed by atoms with Crippen molar-refractivity contribution in [1.29, 1.82) is 0 Å². The Labute approximate surface area is 147 Å². The van der Waals surface area contributed by atoms with E-state index in [-0.39, 0.29) is 5.41 Å². The quantitative estimate of drug-likeness (QED) is 0.434. The van der Waals surface area contributed by atoms with Gasteiger partial charge in [0.1, 0.15) is 0 Å². The Morgan fingerprint density at radius 2 is 2.00 bits per heavy atom. The Balaban J connectivity index is 2.83. The zero-order chi connectivity index (χ0) is 18.2. The normalized spacial score (nSPS) is 19.5. The van der Waals surface area contributed by atoms with Gasteiger partial charge in [-0.3, -0.25) is 0 Å². The minimum atomic E-state index is -0.884. The fourth-order valence-corrected chi connectivity index (χ4v) is 3.26. The molecular formula is C22H32O2. The van der Waals surface area contributed by atoms with Crippen LogP contribution in [0.1, 0.15) is 66.7 Å². The van der Waals surface area contributed by atoms with Crippen molar-refractivity contribution < 1.29 is 9.90 Å². The van der Waals surface area contributed by atoms with E-state index >= 15 is 0 Å². The van der Waals surface area contributed by atoms with E-state index in [1.54, 1.807) is 0 Å². The number of carbonyl (C=O) groups is 1. The zero-order valence-electron chi connectivity index (χ0n) is 15.9. The number of carboxylic acids is 1. The molecule has 0 aromatic carbocycles. The lowest BCUT2D eigenvalue weighted by atomic mass is 9.72. The first kappa shape index (κ1) is 20.2. The van der Waals surface area contributed by atoms with Gasteiger partial charge in [0, 0.05) is 6.08 Å². The minimum Gasteiger partial charge on any atom is -0.478 e. The molecule has 0 bridgehead atoms. The third-order valence-corrected chi connectivity index (χ3v) is 4.57. The monoisotopic (exact) mass is 328 g/mol. The van der Waals surface area contributed by atoms with Gasteiger partial charge >= 0.3 is 5.97 Å². The van der Waals surface area contributed by atoms with Gasteiger partial charge in [-0.25, -0.2) is 4.79 Å². The molecule has 0 aromatic rings. The van der Waals surface area contributed by atoms with E-state index < -0.39 is 5.97 Å². The fraction of sp³-hybridized carbons (Fsp3) is 0.500. The fourth-order valence-electron chi connectivity index (χ4n) is 3.26. The summed E-state index contributed by atoms with van der Waals surface area (Å²) in [7, 11) is 0. The molecule has 132 valence electrons. The van der Waals surface area contributed by atoms with Gasteiger partial charge in [-0.05, 0) is 56.1 Å². The van der Waals surface area contributed by atoms with Crippen LogP contribution in [-0.2, 0) is 4.79 Å². The Morgan fingerprint density at radius 3 is 2.58 bits per heavy atom. The van der Waals surface area contributed by atoms with Gasteiger partial charge in [-0.15, -0.1) is 0 Å². The minimum absolute atomic E-state index is 0.257. The molecule has 0 spiro atoms. The summed E-state index contributed by atoms with van der Waals surface area (Å²) in [5, 5.41) is 8.88. The molecular weight excluding hydrogens is 296 g/mol. The SMILES string of the molecule is CCCC(/C=C/C=C(C)\C=C\C1=C(C)CCCC1(C)C)=C\C(=O)O. The standard InChI is InChI=1S/C22H32O2/c1-6-9-19(16-21(23)24)12-7-10-17(2)13-14-20-18(3)11-8-15-22(20,4)5/h7,10,12-14,16H,6,8-9,11,15H2,1-5H3,(H,23,24)/b12-7+,14-13+,17-10-,19-16+. The second-order valence-electron chi connectivity index (χ2n) is 7.34. The van der Waals surface area contributed by atoms with Gasteiger partial charge in [0.25, 0.3) is 0 Å². The molecule has 0 saturated carbocycles. The highest BCUT2D eigenvalue weighted by Gasteiger charge is 2.26. The summed E-state index contributed by atoms with van der Waals surface area (Å²) in [5.41, 5.74) is 5.24. The van der Waals surface area contributed by atoms with Crippen molar-refractivity contribution in [3.63, 3.8) is 0 Å². The number of carboxylic acid groups (broad SMARTS) is 1. The van der Waals surface area contributed by atoms with Crippen LogP contribution in [0.2, 0.25) is 0 Å². The number of rotatable bonds is 7. The molecule has 1 N–H and O–H groups in total. The highest BCUT2D eigenvalue weighted by Crippen LogP contribution is 2.40.